The van der Waals surface area contributed by atoms with Gasteiger partial charge in [0.05, 0.1) is 0 Å². The fourth-order valence-electron chi connectivity index (χ4n) is 1.66. The van der Waals surface area contributed by atoms with E-state index >= 15 is 0 Å². The molecular formula is C13H13F3N4O. The summed E-state index contributed by atoms with van der Waals surface area (Å²) in [5.74, 6) is 0.586. The summed E-state index contributed by atoms with van der Waals surface area (Å²) in [6.07, 6.45) is -4.72. The molecule has 0 spiro atoms. The van der Waals surface area contributed by atoms with Crippen LogP contribution in [0.4, 0.5) is 30.6 Å². The van der Waals surface area contributed by atoms with Gasteiger partial charge in [0.15, 0.2) is 0 Å². The number of nitrogens with zero attached hydrogens (tertiary/aromatic N) is 2. The maximum atomic E-state index is 12.2. The zero-order valence-electron chi connectivity index (χ0n) is 11.3. The molecule has 0 unspecified atom stereocenters. The van der Waals surface area contributed by atoms with Gasteiger partial charge in [0.25, 0.3) is 0 Å². The summed E-state index contributed by atoms with van der Waals surface area (Å²) in [6, 6.07) is 7.21. The van der Waals surface area contributed by atoms with Gasteiger partial charge < -0.3 is 15.4 Å². The third-order valence-electron chi connectivity index (χ3n) is 2.42. The molecule has 1 heterocycles. The van der Waals surface area contributed by atoms with Gasteiger partial charge in [-0.25, -0.2) is 4.98 Å². The van der Waals surface area contributed by atoms with Crippen LogP contribution in [0.15, 0.2) is 30.3 Å². The van der Waals surface area contributed by atoms with Crippen molar-refractivity contribution in [1.82, 2.24) is 9.97 Å². The third kappa shape index (κ3) is 4.51. The van der Waals surface area contributed by atoms with Crippen LogP contribution in [0.2, 0.25) is 0 Å². The quantitative estimate of drug-likeness (QED) is 0.905. The first-order valence-corrected chi connectivity index (χ1v) is 6.02. The standard InChI is InChI=1S/C13H13F3N4O/c1-8-6-11(20-12(17-2)18-8)19-9-4-3-5-10(7-9)21-13(14,15)16/h3-7H,1-2H3,(H2,17,18,19,20). The molecule has 2 rings (SSSR count). The van der Waals surface area contributed by atoms with Gasteiger partial charge in [-0.1, -0.05) is 6.07 Å². The minimum Gasteiger partial charge on any atom is -0.406 e. The van der Waals surface area contributed by atoms with Crippen LogP contribution in [0, 0.1) is 6.92 Å². The number of rotatable bonds is 4. The topological polar surface area (TPSA) is 59.1 Å². The number of alkyl halides is 3. The largest absolute Gasteiger partial charge is 0.573 e. The molecule has 2 N–H and O–H groups in total. The van der Waals surface area contributed by atoms with Crippen LogP contribution in [0.1, 0.15) is 5.69 Å². The molecule has 0 aliphatic rings. The maximum Gasteiger partial charge on any atom is 0.573 e. The molecule has 0 radical (unpaired) electrons. The lowest BCUT2D eigenvalue weighted by Gasteiger charge is -2.11. The lowest BCUT2D eigenvalue weighted by atomic mass is 10.3. The highest BCUT2D eigenvalue weighted by Gasteiger charge is 2.31. The van der Waals surface area contributed by atoms with E-state index in [1.807, 2.05) is 0 Å². The fourth-order valence-corrected chi connectivity index (χ4v) is 1.66. The van der Waals surface area contributed by atoms with E-state index in [4.69, 9.17) is 0 Å². The Kier molecular flexibility index (Phi) is 4.15. The van der Waals surface area contributed by atoms with Gasteiger partial charge in [0.1, 0.15) is 11.6 Å². The van der Waals surface area contributed by atoms with E-state index in [1.54, 1.807) is 26.1 Å². The maximum absolute atomic E-state index is 12.2. The molecule has 21 heavy (non-hydrogen) atoms. The predicted octanol–water partition coefficient (Wildman–Crippen LogP) is 3.47. The van der Waals surface area contributed by atoms with E-state index in [0.29, 0.717) is 17.5 Å². The van der Waals surface area contributed by atoms with Crippen LogP contribution in [0.25, 0.3) is 0 Å². The molecule has 0 bridgehead atoms. The van der Waals surface area contributed by atoms with E-state index < -0.39 is 6.36 Å². The van der Waals surface area contributed by atoms with Crippen molar-refractivity contribution in [1.29, 1.82) is 0 Å². The lowest BCUT2D eigenvalue weighted by molar-refractivity contribution is -0.274. The van der Waals surface area contributed by atoms with Gasteiger partial charge in [0.2, 0.25) is 5.95 Å². The second-order valence-corrected chi connectivity index (χ2v) is 4.17. The van der Waals surface area contributed by atoms with Gasteiger partial charge in [-0.05, 0) is 19.1 Å². The van der Waals surface area contributed by atoms with Crippen molar-refractivity contribution in [2.45, 2.75) is 13.3 Å². The van der Waals surface area contributed by atoms with E-state index in [0.717, 1.165) is 5.69 Å². The first-order chi connectivity index (χ1) is 9.85. The second-order valence-electron chi connectivity index (χ2n) is 4.17. The predicted molar refractivity (Wildman–Crippen MR) is 72.7 cm³/mol. The Morgan fingerprint density at radius 1 is 1.14 bits per heavy atom. The molecule has 112 valence electrons. The summed E-state index contributed by atoms with van der Waals surface area (Å²) in [5.41, 5.74) is 1.15. The van der Waals surface area contributed by atoms with Crippen molar-refractivity contribution in [3.8, 4) is 5.75 Å². The number of hydrogen-bond donors (Lipinski definition) is 2. The average molecular weight is 298 g/mol. The Balaban J connectivity index is 2.20. The zero-order chi connectivity index (χ0) is 15.5. The number of aryl methyl sites for hydroxylation is 1. The molecule has 0 aliphatic carbocycles. The first kappa shape index (κ1) is 14.9. The van der Waals surface area contributed by atoms with E-state index in [9.17, 15) is 13.2 Å². The molecule has 0 saturated carbocycles. The van der Waals surface area contributed by atoms with Crippen LogP contribution in [0.5, 0.6) is 5.75 Å². The number of hydrogen-bond acceptors (Lipinski definition) is 5. The minimum atomic E-state index is -4.72. The summed E-state index contributed by atoms with van der Waals surface area (Å²) in [6.45, 7) is 1.79. The van der Waals surface area contributed by atoms with Crippen LogP contribution in [-0.4, -0.2) is 23.4 Å². The van der Waals surface area contributed by atoms with Crippen LogP contribution in [-0.2, 0) is 0 Å². The summed E-state index contributed by atoms with van der Waals surface area (Å²) >= 11 is 0. The van der Waals surface area contributed by atoms with Crippen molar-refractivity contribution in [3.05, 3.63) is 36.0 Å². The molecule has 0 fully saturated rings. The molecular weight excluding hydrogens is 285 g/mol. The zero-order valence-corrected chi connectivity index (χ0v) is 11.3. The SMILES string of the molecule is CNc1nc(C)cc(Nc2cccc(OC(F)(F)F)c2)n1. The molecule has 0 aliphatic heterocycles. The molecule has 2 aromatic rings. The number of halogens is 3. The number of aromatic nitrogens is 2. The van der Waals surface area contributed by atoms with Gasteiger partial charge in [-0.15, -0.1) is 13.2 Å². The number of benzene rings is 1. The molecule has 0 saturated heterocycles. The van der Waals surface area contributed by atoms with Crippen molar-refractivity contribution >= 4 is 17.5 Å². The fraction of sp³-hybridized carbons (Fsp3) is 0.231. The normalized spacial score (nSPS) is 11.1. The number of ether oxygens (including phenoxy) is 1. The summed E-state index contributed by atoms with van der Waals surface area (Å²) in [5, 5.41) is 5.71. The first-order valence-electron chi connectivity index (χ1n) is 6.02. The van der Waals surface area contributed by atoms with Crippen molar-refractivity contribution < 1.29 is 17.9 Å². The van der Waals surface area contributed by atoms with Gasteiger partial charge in [-0.3, -0.25) is 0 Å². The van der Waals surface area contributed by atoms with E-state index in [-0.39, 0.29) is 5.75 Å². The summed E-state index contributed by atoms with van der Waals surface area (Å²) in [4.78, 5) is 8.28. The van der Waals surface area contributed by atoms with Gasteiger partial charge >= 0.3 is 6.36 Å². The minimum absolute atomic E-state index is 0.299. The van der Waals surface area contributed by atoms with Crippen molar-refractivity contribution in [2.75, 3.05) is 17.7 Å². The Morgan fingerprint density at radius 2 is 1.90 bits per heavy atom. The molecule has 1 aromatic carbocycles. The van der Waals surface area contributed by atoms with Crippen LogP contribution in [0.3, 0.4) is 0 Å². The van der Waals surface area contributed by atoms with Crippen LogP contribution < -0.4 is 15.4 Å². The molecule has 5 nitrogen and oxygen atoms in total. The van der Waals surface area contributed by atoms with Gasteiger partial charge in [-0.2, -0.15) is 4.98 Å². The van der Waals surface area contributed by atoms with Crippen molar-refractivity contribution in [2.24, 2.45) is 0 Å². The average Bonchev–Trinajstić information content (AvgIpc) is 2.36. The molecule has 1 aromatic heterocycles. The smallest absolute Gasteiger partial charge is 0.406 e. The number of nitrogens with one attached hydrogen (secondary N) is 2. The third-order valence-corrected chi connectivity index (χ3v) is 2.42. The highest BCUT2D eigenvalue weighted by molar-refractivity contribution is 5.59. The molecule has 8 heteroatoms. The Morgan fingerprint density at radius 3 is 2.57 bits per heavy atom. The van der Waals surface area contributed by atoms with Gasteiger partial charge in [0, 0.05) is 30.6 Å². The van der Waals surface area contributed by atoms with E-state index in [1.165, 1.54) is 18.2 Å². The molecule has 0 atom stereocenters. The number of anilines is 3. The Labute approximate surface area is 119 Å². The Hall–Kier alpha value is -2.51. The monoisotopic (exact) mass is 298 g/mol. The summed E-state index contributed by atoms with van der Waals surface area (Å²) < 4.78 is 40.4. The lowest BCUT2D eigenvalue weighted by Crippen LogP contribution is -2.17. The van der Waals surface area contributed by atoms with Crippen LogP contribution >= 0.6 is 0 Å². The molecule has 0 amide bonds. The highest BCUT2D eigenvalue weighted by Crippen LogP contribution is 2.26. The second kappa shape index (κ2) is 5.86. The highest BCUT2D eigenvalue weighted by atomic mass is 19.4. The summed E-state index contributed by atoms with van der Waals surface area (Å²) in [7, 11) is 1.68. The van der Waals surface area contributed by atoms with E-state index in [2.05, 4.69) is 25.3 Å². The van der Waals surface area contributed by atoms with Crippen molar-refractivity contribution in [3.63, 3.8) is 0 Å². The Bertz CT molecular complexity index is 631.